The lowest BCUT2D eigenvalue weighted by molar-refractivity contribution is -0.0253. The van der Waals surface area contributed by atoms with E-state index in [-0.39, 0.29) is 6.10 Å². The van der Waals surface area contributed by atoms with E-state index in [1.807, 2.05) is 12.1 Å². The maximum atomic E-state index is 6.13. The average molecular weight is 303 g/mol. The van der Waals surface area contributed by atoms with Crippen LogP contribution in [0.2, 0.25) is 10.0 Å². The van der Waals surface area contributed by atoms with Crippen molar-refractivity contribution in [2.24, 2.45) is 0 Å². The van der Waals surface area contributed by atoms with Gasteiger partial charge in [-0.3, -0.25) is 4.90 Å². The summed E-state index contributed by atoms with van der Waals surface area (Å²) in [6.07, 6.45) is 0.264. The molecule has 0 saturated carbocycles. The zero-order valence-electron chi connectivity index (χ0n) is 11.2. The molecular weight excluding hydrogens is 283 g/mol. The molecule has 0 spiro atoms. The Kier molecular flexibility index (Phi) is 5.92. The summed E-state index contributed by atoms with van der Waals surface area (Å²) in [6, 6.07) is 5.59. The summed E-state index contributed by atoms with van der Waals surface area (Å²) in [5, 5.41) is 4.77. The molecule has 1 aromatic carbocycles. The van der Waals surface area contributed by atoms with Crippen molar-refractivity contribution in [3.63, 3.8) is 0 Å². The third kappa shape index (κ3) is 4.62. The summed E-state index contributed by atoms with van der Waals surface area (Å²) >= 11 is 12.0. The maximum absolute atomic E-state index is 6.13. The number of nitrogens with one attached hydrogen (secondary N) is 1. The molecule has 0 amide bonds. The highest BCUT2D eigenvalue weighted by atomic mass is 35.5. The second kappa shape index (κ2) is 7.46. The standard InChI is InChI=1S/C14H20Cl2N2O/c1-2-18-5-6-19-13(10-18)9-17-8-11-3-4-12(15)7-14(11)16/h3-4,7,13,17H,2,5-6,8-10H2,1H3. The SMILES string of the molecule is CCN1CCOC(CNCc2ccc(Cl)cc2Cl)C1. The summed E-state index contributed by atoms with van der Waals surface area (Å²) in [7, 11) is 0. The summed E-state index contributed by atoms with van der Waals surface area (Å²) in [5.41, 5.74) is 1.06. The van der Waals surface area contributed by atoms with Gasteiger partial charge in [0.2, 0.25) is 0 Å². The molecule has 1 atom stereocenters. The molecule has 19 heavy (non-hydrogen) atoms. The van der Waals surface area contributed by atoms with Gasteiger partial charge in [0.05, 0.1) is 12.7 Å². The van der Waals surface area contributed by atoms with Crippen molar-refractivity contribution in [1.29, 1.82) is 0 Å². The summed E-state index contributed by atoms with van der Waals surface area (Å²) in [4.78, 5) is 2.41. The molecule has 1 saturated heterocycles. The van der Waals surface area contributed by atoms with Gasteiger partial charge in [-0.2, -0.15) is 0 Å². The molecule has 0 radical (unpaired) electrons. The Morgan fingerprint density at radius 3 is 3.00 bits per heavy atom. The molecule has 2 rings (SSSR count). The van der Waals surface area contributed by atoms with Crippen LogP contribution in [0.4, 0.5) is 0 Å². The van der Waals surface area contributed by atoms with E-state index in [0.29, 0.717) is 10.0 Å². The van der Waals surface area contributed by atoms with Crippen molar-refractivity contribution < 1.29 is 4.74 Å². The number of nitrogens with zero attached hydrogens (tertiary/aromatic N) is 1. The van der Waals surface area contributed by atoms with E-state index in [4.69, 9.17) is 27.9 Å². The number of hydrogen-bond donors (Lipinski definition) is 1. The summed E-state index contributed by atoms with van der Waals surface area (Å²) in [5.74, 6) is 0. The lowest BCUT2D eigenvalue weighted by Crippen LogP contribution is -2.46. The minimum atomic E-state index is 0.264. The number of likely N-dealkylation sites (N-methyl/N-ethyl adjacent to an activating group) is 1. The molecule has 1 fully saturated rings. The third-order valence-electron chi connectivity index (χ3n) is 3.37. The number of hydrogen-bond acceptors (Lipinski definition) is 3. The fourth-order valence-corrected chi connectivity index (χ4v) is 2.70. The monoisotopic (exact) mass is 302 g/mol. The smallest absolute Gasteiger partial charge is 0.0826 e. The van der Waals surface area contributed by atoms with Crippen LogP contribution in [0.5, 0.6) is 0 Å². The predicted octanol–water partition coefficient (Wildman–Crippen LogP) is 2.80. The van der Waals surface area contributed by atoms with E-state index < -0.39 is 0 Å². The highest BCUT2D eigenvalue weighted by Gasteiger charge is 2.18. The topological polar surface area (TPSA) is 24.5 Å². The summed E-state index contributed by atoms with van der Waals surface area (Å²) in [6.45, 7) is 7.71. The normalized spacial score (nSPS) is 20.7. The molecule has 0 aliphatic carbocycles. The third-order valence-corrected chi connectivity index (χ3v) is 3.96. The van der Waals surface area contributed by atoms with Crippen molar-refractivity contribution in [2.45, 2.75) is 19.6 Å². The van der Waals surface area contributed by atoms with Crippen molar-refractivity contribution >= 4 is 23.2 Å². The van der Waals surface area contributed by atoms with E-state index in [1.165, 1.54) is 0 Å². The molecule has 1 N–H and O–H groups in total. The lowest BCUT2D eigenvalue weighted by Gasteiger charge is -2.32. The minimum Gasteiger partial charge on any atom is -0.374 e. The molecule has 0 bridgehead atoms. The van der Waals surface area contributed by atoms with E-state index in [0.717, 1.165) is 44.9 Å². The molecule has 1 aromatic rings. The number of rotatable bonds is 5. The molecule has 5 heteroatoms. The van der Waals surface area contributed by atoms with Gasteiger partial charge in [-0.25, -0.2) is 0 Å². The van der Waals surface area contributed by atoms with Gasteiger partial charge in [0.25, 0.3) is 0 Å². The van der Waals surface area contributed by atoms with E-state index in [1.54, 1.807) is 6.07 Å². The van der Waals surface area contributed by atoms with E-state index in [2.05, 4.69) is 17.1 Å². The number of benzene rings is 1. The Balaban J connectivity index is 1.76. The zero-order chi connectivity index (χ0) is 13.7. The fraction of sp³-hybridized carbons (Fsp3) is 0.571. The molecule has 0 aromatic heterocycles. The first-order chi connectivity index (χ1) is 9.19. The zero-order valence-corrected chi connectivity index (χ0v) is 12.7. The Hall–Kier alpha value is -0.320. The van der Waals surface area contributed by atoms with E-state index in [9.17, 15) is 0 Å². The maximum Gasteiger partial charge on any atom is 0.0826 e. The van der Waals surface area contributed by atoms with Gasteiger partial charge < -0.3 is 10.1 Å². The molecule has 1 unspecified atom stereocenters. The van der Waals surface area contributed by atoms with Gasteiger partial charge in [-0.1, -0.05) is 36.2 Å². The fourth-order valence-electron chi connectivity index (χ4n) is 2.22. The van der Waals surface area contributed by atoms with Crippen LogP contribution in [-0.2, 0) is 11.3 Å². The first-order valence-corrected chi connectivity index (χ1v) is 7.43. The van der Waals surface area contributed by atoms with Crippen molar-refractivity contribution in [3.05, 3.63) is 33.8 Å². The second-order valence-electron chi connectivity index (χ2n) is 4.75. The van der Waals surface area contributed by atoms with Gasteiger partial charge >= 0.3 is 0 Å². The molecule has 106 valence electrons. The molecule has 3 nitrogen and oxygen atoms in total. The van der Waals surface area contributed by atoms with Crippen LogP contribution in [0.3, 0.4) is 0 Å². The van der Waals surface area contributed by atoms with Gasteiger partial charge in [0.1, 0.15) is 0 Å². The van der Waals surface area contributed by atoms with Crippen molar-refractivity contribution in [1.82, 2.24) is 10.2 Å². The Labute approximate surface area is 124 Å². The number of halogens is 2. The van der Waals surface area contributed by atoms with Crippen LogP contribution >= 0.6 is 23.2 Å². The Bertz CT molecular complexity index is 414. The van der Waals surface area contributed by atoms with Crippen LogP contribution in [0.15, 0.2) is 18.2 Å². The predicted molar refractivity (Wildman–Crippen MR) is 80.0 cm³/mol. The van der Waals surface area contributed by atoms with Crippen molar-refractivity contribution in [3.8, 4) is 0 Å². The highest BCUT2D eigenvalue weighted by molar-refractivity contribution is 6.35. The van der Waals surface area contributed by atoms with Crippen LogP contribution in [0.25, 0.3) is 0 Å². The first kappa shape index (κ1) is 15.1. The highest BCUT2D eigenvalue weighted by Crippen LogP contribution is 2.20. The summed E-state index contributed by atoms with van der Waals surface area (Å²) < 4.78 is 5.74. The average Bonchev–Trinajstić information content (AvgIpc) is 2.41. The van der Waals surface area contributed by atoms with Crippen molar-refractivity contribution in [2.75, 3.05) is 32.8 Å². The van der Waals surface area contributed by atoms with Crippen LogP contribution < -0.4 is 5.32 Å². The van der Waals surface area contributed by atoms with Gasteiger partial charge in [0.15, 0.2) is 0 Å². The van der Waals surface area contributed by atoms with Gasteiger partial charge in [-0.15, -0.1) is 0 Å². The first-order valence-electron chi connectivity index (χ1n) is 6.67. The van der Waals surface area contributed by atoms with E-state index >= 15 is 0 Å². The van der Waals surface area contributed by atoms with Crippen LogP contribution in [0, 0.1) is 0 Å². The largest absolute Gasteiger partial charge is 0.374 e. The molecule has 1 aliphatic rings. The molecule has 1 heterocycles. The van der Waals surface area contributed by atoms with Crippen LogP contribution in [-0.4, -0.2) is 43.8 Å². The van der Waals surface area contributed by atoms with Crippen LogP contribution in [0.1, 0.15) is 12.5 Å². The Morgan fingerprint density at radius 1 is 1.42 bits per heavy atom. The second-order valence-corrected chi connectivity index (χ2v) is 5.60. The number of ether oxygens (including phenoxy) is 1. The quantitative estimate of drug-likeness (QED) is 0.905. The molecular formula is C14H20Cl2N2O. The Morgan fingerprint density at radius 2 is 2.26 bits per heavy atom. The molecule has 1 aliphatic heterocycles. The minimum absolute atomic E-state index is 0.264. The van der Waals surface area contributed by atoms with Gasteiger partial charge in [0, 0.05) is 36.2 Å². The van der Waals surface area contributed by atoms with Gasteiger partial charge in [-0.05, 0) is 24.2 Å². The lowest BCUT2D eigenvalue weighted by atomic mass is 10.2. The number of morpholine rings is 1.